The molecule has 0 fully saturated rings. The van der Waals surface area contributed by atoms with Gasteiger partial charge in [0.1, 0.15) is 0 Å². The average Bonchev–Trinajstić information content (AvgIpc) is 3.27. The van der Waals surface area contributed by atoms with Crippen LogP contribution in [0.15, 0.2) is 82.2 Å². The zero-order valence-electron chi connectivity index (χ0n) is 19.5. The summed E-state index contributed by atoms with van der Waals surface area (Å²) in [4.78, 5) is 27.1. The summed E-state index contributed by atoms with van der Waals surface area (Å²) in [6.45, 7) is 12.1. The molecule has 0 aliphatic carbocycles. The number of hydrogen-bond acceptors (Lipinski definition) is 3. The van der Waals surface area contributed by atoms with E-state index in [1.165, 1.54) is 11.1 Å². The fourth-order valence-corrected chi connectivity index (χ4v) is 3.98. The lowest BCUT2D eigenvalue weighted by Gasteiger charge is -2.27. The second kappa shape index (κ2) is 11.4. The maximum Gasteiger partial charge on any atom is 0.256 e. The van der Waals surface area contributed by atoms with Crippen molar-refractivity contribution >= 4 is 12.1 Å². The van der Waals surface area contributed by atoms with Crippen molar-refractivity contribution in [2.75, 3.05) is 13.1 Å². The van der Waals surface area contributed by atoms with E-state index in [2.05, 4.69) is 65.8 Å². The van der Waals surface area contributed by atoms with Crippen LogP contribution in [0.25, 0.3) is 0 Å². The molecular weight excluding hydrogens is 396 g/mol. The molecule has 0 saturated heterocycles. The van der Waals surface area contributed by atoms with Gasteiger partial charge in [-0.1, -0.05) is 62.0 Å². The van der Waals surface area contributed by atoms with Gasteiger partial charge in [-0.3, -0.25) is 9.79 Å². The molecule has 0 spiro atoms. The predicted octanol–water partition coefficient (Wildman–Crippen LogP) is 5.43. The molecule has 1 aromatic rings. The summed E-state index contributed by atoms with van der Waals surface area (Å²) in [5.74, 6) is 0.0455. The van der Waals surface area contributed by atoms with Crippen LogP contribution in [0, 0.1) is 0 Å². The fraction of sp³-hybridized carbons (Fsp3) is 0.370. The van der Waals surface area contributed by atoms with Gasteiger partial charge >= 0.3 is 0 Å². The third kappa shape index (κ3) is 5.94. The Bertz CT molecular complexity index is 1030. The molecule has 1 N–H and O–H groups in total. The first-order valence-electron chi connectivity index (χ1n) is 11.4. The second-order valence-corrected chi connectivity index (χ2v) is 8.25. The monoisotopic (exact) mass is 430 g/mol. The number of aromatic nitrogens is 2. The highest BCUT2D eigenvalue weighted by Gasteiger charge is 2.26. The van der Waals surface area contributed by atoms with E-state index in [9.17, 15) is 4.79 Å². The Balaban J connectivity index is 1.82. The maximum atomic E-state index is 13.3. The summed E-state index contributed by atoms with van der Waals surface area (Å²) >= 11 is 0. The minimum atomic E-state index is 0.0455. The molecule has 2 aliphatic heterocycles. The number of nitrogens with zero attached hydrogens (tertiary/aromatic N) is 3. The standard InChI is InChI=1S/C27H34N4O/c1-5-8-22(10-7-9-20(3)4)21(6-2)11-12-23-13-15-28-17-24(23)27(32)31-16-14-25-26(18-31)30-19-29-25/h6-7,9-12,17,19H,3,5,8,13-16,18H2,1-2,4H3,(H,29,30)/b9-7-,12-11-,21-6+,22-10+. The van der Waals surface area contributed by atoms with Crippen molar-refractivity contribution < 1.29 is 4.79 Å². The number of amides is 1. The van der Waals surface area contributed by atoms with E-state index in [1.807, 2.05) is 17.9 Å². The van der Waals surface area contributed by atoms with Crippen LogP contribution in [-0.2, 0) is 17.8 Å². The number of H-pyrrole nitrogens is 1. The Labute approximate surface area is 191 Å². The molecule has 0 aromatic carbocycles. The third-order valence-electron chi connectivity index (χ3n) is 5.71. The van der Waals surface area contributed by atoms with Crippen molar-refractivity contribution in [1.82, 2.24) is 14.9 Å². The molecule has 0 bridgehead atoms. The molecule has 5 nitrogen and oxygen atoms in total. The highest BCUT2D eigenvalue weighted by molar-refractivity contribution is 6.13. The van der Waals surface area contributed by atoms with Crippen LogP contribution < -0.4 is 0 Å². The molecule has 0 atom stereocenters. The molecule has 32 heavy (non-hydrogen) atoms. The predicted molar refractivity (Wildman–Crippen MR) is 133 cm³/mol. The number of fused-ring (bicyclic) bond motifs is 1. The molecule has 168 valence electrons. The molecule has 0 unspecified atom stereocenters. The summed E-state index contributed by atoms with van der Waals surface area (Å²) in [6, 6.07) is 0. The Morgan fingerprint density at radius 3 is 2.91 bits per heavy atom. The van der Waals surface area contributed by atoms with E-state index in [0.717, 1.165) is 48.2 Å². The first kappa shape index (κ1) is 23.5. The van der Waals surface area contributed by atoms with Gasteiger partial charge in [0.05, 0.1) is 29.8 Å². The van der Waals surface area contributed by atoms with Crippen LogP contribution in [0.1, 0.15) is 51.4 Å². The smallest absolute Gasteiger partial charge is 0.256 e. The number of dihydropyridines is 1. The van der Waals surface area contributed by atoms with Crippen LogP contribution in [0.3, 0.4) is 0 Å². The van der Waals surface area contributed by atoms with Crippen molar-refractivity contribution in [3.05, 3.63) is 88.6 Å². The number of hydrogen-bond donors (Lipinski definition) is 1. The molecule has 1 aromatic heterocycles. The Morgan fingerprint density at radius 1 is 1.31 bits per heavy atom. The van der Waals surface area contributed by atoms with Gasteiger partial charge in [0.15, 0.2) is 0 Å². The van der Waals surface area contributed by atoms with E-state index in [0.29, 0.717) is 25.2 Å². The van der Waals surface area contributed by atoms with Crippen LogP contribution in [-0.4, -0.2) is 40.1 Å². The molecule has 3 rings (SSSR count). The number of imidazole rings is 1. The van der Waals surface area contributed by atoms with E-state index < -0.39 is 0 Å². The molecule has 1 amide bonds. The largest absolute Gasteiger partial charge is 0.347 e. The summed E-state index contributed by atoms with van der Waals surface area (Å²) < 4.78 is 0. The Kier molecular flexibility index (Phi) is 8.37. The van der Waals surface area contributed by atoms with Crippen LogP contribution in [0.4, 0.5) is 0 Å². The quantitative estimate of drug-likeness (QED) is 0.559. The van der Waals surface area contributed by atoms with Gasteiger partial charge in [-0.2, -0.15) is 0 Å². The van der Waals surface area contributed by atoms with Crippen LogP contribution in [0.5, 0.6) is 0 Å². The van der Waals surface area contributed by atoms with E-state index in [4.69, 9.17) is 0 Å². The summed E-state index contributed by atoms with van der Waals surface area (Å²) in [5.41, 5.74) is 7.34. The van der Waals surface area contributed by atoms with Gasteiger partial charge in [-0.05, 0) is 43.4 Å². The zero-order chi connectivity index (χ0) is 22.9. The summed E-state index contributed by atoms with van der Waals surface area (Å²) in [7, 11) is 0. The number of allylic oxidation sites excluding steroid dienone is 9. The lowest BCUT2D eigenvalue weighted by Crippen LogP contribution is -2.38. The van der Waals surface area contributed by atoms with Crippen LogP contribution in [0.2, 0.25) is 0 Å². The Hall–Kier alpha value is -3.21. The molecule has 2 aliphatic rings. The van der Waals surface area contributed by atoms with Gasteiger partial charge in [-0.15, -0.1) is 0 Å². The van der Waals surface area contributed by atoms with Gasteiger partial charge in [0.25, 0.3) is 5.91 Å². The van der Waals surface area contributed by atoms with Crippen molar-refractivity contribution in [3.8, 4) is 0 Å². The fourth-order valence-electron chi connectivity index (χ4n) is 3.98. The van der Waals surface area contributed by atoms with Crippen molar-refractivity contribution in [1.29, 1.82) is 0 Å². The maximum absolute atomic E-state index is 13.3. The molecule has 0 saturated carbocycles. The average molecular weight is 431 g/mol. The molecule has 5 heteroatoms. The number of carbonyl (C=O) groups excluding carboxylic acids is 1. The van der Waals surface area contributed by atoms with Gasteiger partial charge in [0, 0.05) is 25.7 Å². The van der Waals surface area contributed by atoms with E-state index in [1.54, 1.807) is 12.5 Å². The molecular formula is C27H34N4O. The first-order valence-corrected chi connectivity index (χ1v) is 11.4. The van der Waals surface area contributed by atoms with Gasteiger partial charge in [0.2, 0.25) is 0 Å². The summed E-state index contributed by atoms with van der Waals surface area (Å²) in [6.07, 6.45) is 19.7. The van der Waals surface area contributed by atoms with Crippen molar-refractivity contribution in [2.24, 2.45) is 4.99 Å². The summed E-state index contributed by atoms with van der Waals surface area (Å²) in [5, 5.41) is 0. The lowest BCUT2D eigenvalue weighted by atomic mass is 9.96. The first-order chi connectivity index (χ1) is 15.5. The number of carbonyl (C=O) groups is 1. The molecule has 0 radical (unpaired) electrons. The topological polar surface area (TPSA) is 61.4 Å². The van der Waals surface area contributed by atoms with Gasteiger partial charge < -0.3 is 9.88 Å². The number of aromatic amines is 1. The second-order valence-electron chi connectivity index (χ2n) is 8.25. The highest BCUT2D eigenvalue weighted by Crippen LogP contribution is 2.23. The Morgan fingerprint density at radius 2 is 2.16 bits per heavy atom. The molecule has 3 heterocycles. The van der Waals surface area contributed by atoms with Crippen LogP contribution >= 0.6 is 0 Å². The van der Waals surface area contributed by atoms with Crippen molar-refractivity contribution in [2.45, 2.75) is 53.0 Å². The van der Waals surface area contributed by atoms with Gasteiger partial charge in [-0.25, -0.2) is 4.98 Å². The minimum absolute atomic E-state index is 0.0455. The number of aliphatic imine (C=N–C) groups is 1. The zero-order valence-corrected chi connectivity index (χ0v) is 19.5. The van der Waals surface area contributed by atoms with E-state index in [-0.39, 0.29) is 5.91 Å². The minimum Gasteiger partial charge on any atom is -0.347 e. The normalized spacial score (nSPS) is 17.5. The van der Waals surface area contributed by atoms with Crippen molar-refractivity contribution in [3.63, 3.8) is 0 Å². The number of nitrogens with one attached hydrogen (secondary N) is 1. The number of rotatable bonds is 8. The highest BCUT2D eigenvalue weighted by atomic mass is 16.2. The third-order valence-corrected chi connectivity index (χ3v) is 5.71. The lowest BCUT2D eigenvalue weighted by molar-refractivity contribution is -0.127. The SMILES string of the molecule is C=C(C)\C=C/C=C(CCC)/C(/C=C\C1=C(C(=O)N2CCc3nc[nH]c3C2)C=NCC1)=C/C. The van der Waals surface area contributed by atoms with E-state index >= 15 is 0 Å².